The number of hydrogen-bond acceptors (Lipinski definition) is 4. The minimum absolute atomic E-state index is 0.214. The summed E-state index contributed by atoms with van der Waals surface area (Å²) in [5, 5.41) is 11.8. The van der Waals surface area contributed by atoms with Crippen molar-refractivity contribution in [3.05, 3.63) is 58.1 Å². The fraction of sp³-hybridized carbons (Fsp3) is 0.333. The molecule has 0 fully saturated rings. The van der Waals surface area contributed by atoms with E-state index >= 15 is 0 Å². The van der Waals surface area contributed by atoms with E-state index in [1.807, 2.05) is 31.1 Å². The molecule has 1 N–H and O–H groups in total. The van der Waals surface area contributed by atoms with Crippen LogP contribution in [0, 0.1) is 0 Å². The number of benzene rings is 2. The van der Waals surface area contributed by atoms with Crippen LogP contribution in [0.25, 0.3) is 0 Å². The Morgan fingerprint density at radius 2 is 1.56 bits per heavy atom. The first kappa shape index (κ1) is 20.3. The van der Waals surface area contributed by atoms with Crippen LogP contribution in [0.15, 0.2) is 42.5 Å². The lowest BCUT2D eigenvalue weighted by Gasteiger charge is -2.27. The molecule has 2 aromatic carbocycles. The first-order valence-electron chi connectivity index (χ1n) is 7.85. The summed E-state index contributed by atoms with van der Waals surface area (Å²) in [4.78, 5) is 1.93. The quantitative estimate of drug-likeness (QED) is 0.685. The lowest BCUT2D eigenvalue weighted by molar-refractivity contribution is 0.189. The van der Waals surface area contributed by atoms with Gasteiger partial charge >= 0.3 is 0 Å². The van der Waals surface area contributed by atoms with Gasteiger partial charge in [0.1, 0.15) is 0 Å². The van der Waals surface area contributed by atoms with E-state index in [0.29, 0.717) is 5.30 Å². The molecule has 2 atom stereocenters. The van der Waals surface area contributed by atoms with Crippen molar-refractivity contribution in [3.63, 3.8) is 0 Å². The topological polar surface area (TPSA) is 49.8 Å². The zero-order chi connectivity index (χ0) is 18.8. The largest absolute Gasteiger partial charge is 0.378 e. The highest BCUT2D eigenvalue weighted by molar-refractivity contribution is 7.67. The smallest absolute Gasteiger partial charge is 0.264 e. The SMILES string of the molecule is CC(C)O[P@@](=O)(c1ccc(N(C)C)cc1)[C@@H](O)c1c(Cl)cccc1Cl. The van der Waals surface area contributed by atoms with Crippen molar-refractivity contribution in [2.24, 2.45) is 0 Å². The Labute approximate surface area is 158 Å². The fourth-order valence-corrected chi connectivity index (χ4v) is 5.54. The molecule has 0 aliphatic rings. The lowest BCUT2D eigenvalue weighted by Crippen LogP contribution is -2.18. The monoisotopic (exact) mass is 401 g/mol. The van der Waals surface area contributed by atoms with Gasteiger partial charge in [-0.05, 0) is 50.2 Å². The Bertz CT molecular complexity index is 758. The van der Waals surface area contributed by atoms with E-state index in [2.05, 4.69) is 0 Å². The average Bonchev–Trinajstić information content (AvgIpc) is 2.53. The van der Waals surface area contributed by atoms with Crippen molar-refractivity contribution in [1.82, 2.24) is 0 Å². The van der Waals surface area contributed by atoms with Crippen LogP contribution in [-0.4, -0.2) is 25.3 Å². The molecule has 0 aromatic heterocycles. The maximum absolute atomic E-state index is 13.7. The Balaban J connectivity index is 2.55. The van der Waals surface area contributed by atoms with E-state index in [-0.39, 0.29) is 21.7 Å². The highest BCUT2D eigenvalue weighted by Gasteiger charge is 2.39. The summed E-state index contributed by atoms with van der Waals surface area (Å²) < 4.78 is 19.4. The van der Waals surface area contributed by atoms with Crippen molar-refractivity contribution < 1.29 is 14.2 Å². The Morgan fingerprint density at radius 3 is 2.00 bits per heavy atom. The number of aliphatic hydroxyl groups is 1. The normalized spacial score (nSPS) is 15.0. The van der Waals surface area contributed by atoms with Crippen LogP contribution in [0.1, 0.15) is 25.3 Å². The fourth-order valence-electron chi connectivity index (χ4n) is 2.46. The Hall–Kier alpha value is -1.03. The number of nitrogens with zero attached hydrogens (tertiary/aromatic N) is 1. The van der Waals surface area contributed by atoms with Gasteiger partial charge < -0.3 is 14.5 Å². The third-order valence-corrected chi connectivity index (χ3v) is 6.99. The highest BCUT2D eigenvalue weighted by atomic mass is 35.5. The highest BCUT2D eigenvalue weighted by Crippen LogP contribution is 2.60. The van der Waals surface area contributed by atoms with Crippen molar-refractivity contribution in [3.8, 4) is 0 Å². The molecular weight excluding hydrogens is 380 g/mol. The van der Waals surface area contributed by atoms with Gasteiger partial charge in [-0.2, -0.15) is 0 Å². The predicted molar refractivity (Wildman–Crippen MR) is 106 cm³/mol. The van der Waals surface area contributed by atoms with Crippen molar-refractivity contribution in [2.75, 3.05) is 19.0 Å². The summed E-state index contributed by atoms with van der Waals surface area (Å²) >= 11 is 12.4. The van der Waals surface area contributed by atoms with E-state index in [1.54, 1.807) is 44.2 Å². The zero-order valence-corrected chi connectivity index (χ0v) is 17.0. The molecule has 0 spiro atoms. The second kappa shape index (κ2) is 8.11. The van der Waals surface area contributed by atoms with Gasteiger partial charge in [-0.1, -0.05) is 29.3 Å². The predicted octanol–water partition coefficient (Wildman–Crippen LogP) is 5.08. The number of aliphatic hydroxyl groups excluding tert-OH is 1. The molecule has 0 saturated carbocycles. The van der Waals surface area contributed by atoms with Gasteiger partial charge in [0.2, 0.25) is 0 Å². The van der Waals surface area contributed by atoms with Crippen LogP contribution in [-0.2, 0) is 9.09 Å². The molecule has 0 aliphatic heterocycles. The minimum atomic E-state index is -3.68. The first-order chi connectivity index (χ1) is 11.7. The van der Waals surface area contributed by atoms with E-state index in [0.717, 1.165) is 5.69 Å². The summed E-state index contributed by atoms with van der Waals surface area (Å²) in [7, 11) is 0.152. The number of rotatable bonds is 6. The second-order valence-electron chi connectivity index (χ2n) is 6.17. The number of hydrogen-bond donors (Lipinski definition) is 1. The van der Waals surface area contributed by atoms with Crippen LogP contribution in [0.3, 0.4) is 0 Å². The summed E-state index contributed by atoms with van der Waals surface area (Å²) in [6.07, 6.45) is -0.352. The van der Waals surface area contributed by atoms with Gasteiger partial charge in [-0.3, -0.25) is 4.57 Å². The van der Waals surface area contributed by atoms with Crippen molar-refractivity contribution in [2.45, 2.75) is 25.8 Å². The number of anilines is 1. The standard InChI is InChI=1S/C18H22Cl2NO3P/c1-12(2)24-25(23,14-10-8-13(9-11-14)21(3)4)18(22)17-15(19)6-5-7-16(17)20/h5-12,18,22H,1-4H3/t18-,25+/m1/s1. The molecule has 4 nitrogen and oxygen atoms in total. The third kappa shape index (κ3) is 4.39. The molecule has 2 aromatic rings. The maximum Gasteiger partial charge on any atom is 0.264 e. The molecule has 136 valence electrons. The van der Waals surface area contributed by atoms with E-state index < -0.39 is 13.2 Å². The molecular formula is C18H22Cl2NO3P. The van der Waals surface area contributed by atoms with Crippen LogP contribution in [0.2, 0.25) is 10.0 Å². The molecule has 2 rings (SSSR count). The van der Waals surface area contributed by atoms with Gasteiger partial charge in [-0.15, -0.1) is 0 Å². The van der Waals surface area contributed by atoms with Gasteiger partial charge in [-0.25, -0.2) is 0 Å². The third-order valence-electron chi connectivity index (χ3n) is 3.67. The zero-order valence-electron chi connectivity index (χ0n) is 14.6. The summed E-state index contributed by atoms with van der Waals surface area (Å²) in [6.45, 7) is 3.53. The summed E-state index contributed by atoms with van der Waals surface area (Å²) in [5.41, 5.74) is 1.16. The van der Waals surface area contributed by atoms with E-state index in [9.17, 15) is 9.67 Å². The first-order valence-corrected chi connectivity index (χ1v) is 10.3. The van der Waals surface area contributed by atoms with Gasteiger partial charge in [0.15, 0.2) is 5.85 Å². The maximum atomic E-state index is 13.7. The van der Waals surface area contributed by atoms with Gasteiger partial charge in [0.25, 0.3) is 7.37 Å². The van der Waals surface area contributed by atoms with Crippen LogP contribution in [0.5, 0.6) is 0 Å². The molecule has 0 unspecified atom stereocenters. The van der Waals surface area contributed by atoms with Crippen molar-refractivity contribution >= 4 is 41.6 Å². The van der Waals surface area contributed by atoms with Crippen LogP contribution in [0.4, 0.5) is 5.69 Å². The molecule has 25 heavy (non-hydrogen) atoms. The Kier molecular flexibility index (Phi) is 6.58. The Morgan fingerprint density at radius 1 is 1.04 bits per heavy atom. The van der Waals surface area contributed by atoms with Crippen LogP contribution < -0.4 is 10.2 Å². The summed E-state index contributed by atoms with van der Waals surface area (Å²) in [5.74, 6) is -1.46. The van der Waals surface area contributed by atoms with Crippen LogP contribution >= 0.6 is 30.6 Å². The number of halogens is 2. The molecule has 0 radical (unpaired) electrons. The molecule has 0 amide bonds. The van der Waals surface area contributed by atoms with E-state index in [4.69, 9.17) is 27.7 Å². The second-order valence-corrected chi connectivity index (χ2v) is 9.40. The van der Waals surface area contributed by atoms with Gasteiger partial charge in [0, 0.05) is 40.7 Å². The lowest BCUT2D eigenvalue weighted by atomic mass is 10.2. The summed E-state index contributed by atoms with van der Waals surface area (Å²) in [6, 6.07) is 11.9. The molecule has 0 saturated heterocycles. The van der Waals surface area contributed by atoms with Crippen molar-refractivity contribution in [1.29, 1.82) is 0 Å². The minimum Gasteiger partial charge on any atom is -0.378 e. The molecule has 7 heteroatoms. The molecule has 0 heterocycles. The van der Waals surface area contributed by atoms with E-state index in [1.165, 1.54) is 0 Å². The molecule has 0 bridgehead atoms. The van der Waals surface area contributed by atoms with Gasteiger partial charge in [0.05, 0.1) is 6.10 Å². The average molecular weight is 402 g/mol. The molecule has 0 aliphatic carbocycles.